The Bertz CT molecular complexity index is 478. The average Bonchev–Trinajstić information content (AvgIpc) is 2.40. The second kappa shape index (κ2) is 5.70. The Morgan fingerprint density at radius 3 is 2.53 bits per heavy atom. The van der Waals surface area contributed by atoms with Crippen molar-refractivity contribution in [1.29, 1.82) is 10.5 Å². The Balaban J connectivity index is 2.15. The van der Waals surface area contributed by atoms with E-state index in [0.717, 1.165) is 4.90 Å². The van der Waals surface area contributed by atoms with E-state index in [-0.39, 0.29) is 0 Å². The van der Waals surface area contributed by atoms with Crippen molar-refractivity contribution in [2.45, 2.75) is 42.2 Å². The first kappa shape index (κ1) is 12.0. The summed E-state index contributed by atoms with van der Waals surface area (Å²) in [5, 5.41) is 18.4. The minimum Gasteiger partial charge on any atom is -0.225 e. The van der Waals surface area contributed by atoms with E-state index in [1.54, 1.807) is 17.8 Å². The lowest BCUT2D eigenvalue weighted by atomic mass is 10.0. The second-order valence-corrected chi connectivity index (χ2v) is 5.49. The molecule has 0 saturated heterocycles. The highest BCUT2D eigenvalue weighted by atomic mass is 32.2. The fourth-order valence-corrected chi connectivity index (χ4v) is 3.32. The van der Waals surface area contributed by atoms with Gasteiger partial charge in [-0.3, -0.25) is 0 Å². The van der Waals surface area contributed by atoms with E-state index in [1.807, 2.05) is 12.1 Å². The largest absolute Gasteiger partial charge is 0.225 e. The van der Waals surface area contributed by atoms with Crippen molar-refractivity contribution in [1.82, 2.24) is 4.98 Å². The van der Waals surface area contributed by atoms with Crippen LogP contribution in [0.2, 0.25) is 0 Å². The van der Waals surface area contributed by atoms with Gasteiger partial charge in [0.1, 0.15) is 17.8 Å². The number of hydrogen-bond donors (Lipinski definition) is 0. The van der Waals surface area contributed by atoms with Gasteiger partial charge in [0.15, 0.2) is 5.69 Å². The van der Waals surface area contributed by atoms with E-state index >= 15 is 0 Å². The minimum absolute atomic E-state index is 0.314. The van der Waals surface area contributed by atoms with Gasteiger partial charge >= 0.3 is 0 Å². The number of aromatic nitrogens is 1. The predicted octanol–water partition coefficient (Wildman–Crippen LogP) is 3.25. The van der Waals surface area contributed by atoms with Crippen LogP contribution in [0.4, 0.5) is 0 Å². The average molecular weight is 243 g/mol. The lowest BCUT2D eigenvalue weighted by Crippen LogP contribution is -2.08. The smallest absolute Gasteiger partial charge is 0.155 e. The lowest BCUT2D eigenvalue weighted by Gasteiger charge is -2.21. The van der Waals surface area contributed by atoms with E-state index in [1.165, 1.54) is 32.1 Å². The fourth-order valence-electron chi connectivity index (χ4n) is 2.05. The van der Waals surface area contributed by atoms with Crippen LogP contribution in [0, 0.1) is 22.7 Å². The highest BCUT2D eigenvalue weighted by Gasteiger charge is 2.17. The topological polar surface area (TPSA) is 60.5 Å². The molecule has 1 aromatic heterocycles. The van der Waals surface area contributed by atoms with E-state index in [0.29, 0.717) is 16.6 Å². The van der Waals surface area contributed by atoms with Crippen molar-refractivity contribution in [3.8, 4) is 12.1 Å². The molecular weight excluding hydrogens is 230 g/mol. The Morgan fingerprint density at radius 2 is 1.88 bits per heavy atom. The molecule has 3 nitrogen and oxygen atoms in total. The molecule has 86 valence electrons. The van der Waals surface area contributed by atoms with Crippen LogP contribution in [-0.2, 0) is 0 Å². The zero-order valence-electron chi connectivity index (χ0n) is 9.52. The Hall–Kier alpha value is -1.52. The lowest BCUT2D eigenvalue weighted by molar-refractivity contribution is 0.516. The standard InChI is InChI=1S/C13H13N3S/c14-8-10-6-7-13(12(9-15)16-10)17-11-4-2-1-3-5-11/h6-7,11H,1-5H2. The van der Waals surface area contributed by atoms with Crippen LogP contribution >= 0.6 is 11.8 Å². The summed E-state index contributed by atoms with van der Waals surface area (Å²) in [4.78, 5) is 4.95. The van der Waals surface area contributed by atoms with Crippen LogP contribution in [0.1, 0.15) is 43.5 Å². The number of thioether (sulfide) groups is 1. The number of pyridine rings is 1. The summed E-state index contributed by atoms with van der Waals surface area (Å²) in [5.74, 6) is 0. The summed E-state index contributed by atoms with van der Waals surface area (Å²) < 4.78 is 0. The number of nitriles is 2. The predicted molar refractivity (Wildman–Crippen MR) is 66.4 cm³/mol. The third-order valence-electron chi connectivity index (χ3n) is 2.92. The monoisotopic (exact) mass is 243 g/mol. The molecule has 1 aliphatic rings. The highest BCUT2D eigenvalue weighted by molar-refractivity contribution is 8.00. The van der Waals surface area contributed by atoms with Crippen molar-refractivity contribution in [3.63, 3.8) is 0 Å². The van der Waals surface area contributed by atoms with E-state index in [4.69, 9.17) is 10.5 Å². The van der Waals surface area contributed by atoms with Crippen molar-refractivity contribution in [2.24, 2.45) is 0 Å². The molecule has 0 atom stereocenters. The van der Waals surface area contributed by atoms with Crippen molar-refractivity contribution in [2.75, 3.05) is 0 Å². The highest BCUT2D eigenvalue weighted by Crippen LogP contribution is 2.34. The van der Waals surface area contributed by atoms with Crippen LogP contribution < -0.4 is 0 Å². The van der Waals surface area contributed by atoms with Crippen LogP contribution in [0.25, 0.3) is 0 Å². The third-order valence-corrected chi connectivity index (χ3v) is 4.31. The Kier molecular flexibility index (Phi) is 4.01. The summed E-state index contributed by atoms with van der Waals surface area (Å²) in [5.41, 5.74) is 0.703. The van der Waals surface area contributed by atoms with Gasteiger partial charge in [0.25, 0.3) is 0 Å². The number of hydrogen-bond acceptors (Lipinski definition) is 4. The van der Waals surface area contributed by atoms with Crippen LogP contribution in [0.5, 0.6) is 0 Å². The van der Waals surface area contributed by atoms with E-state index in [2.05, 4.69) is 11.1 Å². The van der Waals surface area contributed by atoms with Gasteiger partial charge in [-0.1, -0.05) is 19.3 Å². The van der Waals surface area contributed by atoms with Gasteiger partial charge in [-0.25, -0.2) is 4.98 Å². The van der Waals surface area contributed by atoms with Gasteiger partial charge < -0.3 is 0 Å². The van der Waals surface area contributed by atoms with Gasteiger partial charge in [0.2, 0.25) is 0 Å². The van der Waals surface area contributed by atoms with E-state index < -0.39 is 0 Å². The van der Waals surface area contributed by atoms with Gasteiger partial charge in [-0.2, -0.15) is 10.5 Å². The summed E-state index contributed by atoms with van der Waals surface area (Å²) in [6.07, 6.45) is 6.32. The molecule has 1 fully saturated rings. The normalized spacial score (nSPS) is 16.1. The minimum atomic E-state index is 0.314. The molecule has 0 amide bonds. The first-order valence-electron chi connectivity index (χ1n) is 5.81. The molecule has 2 rings (SSSR count). The molecule has 1 aromatic rings. The molecule has 17 heavy (non-hydrogen) atoms. The van der Waals surface area contributed by atoms with E-state index in [9.17, 15) is 0 Å². The zero-order chi connectivity index (χ0) is 12.1. The molecule has 0 unspecified atom stereocenters. The molecule has 1 aliphatic carbocycles. The van der Waals surface area contributed by atoms with Gasteiger partial charge in [-0.15, -0.1) is 11.8 Å². The summed E-state index contributed by atoms with van der Waals surface area (Å²) in [7, 11) is 0. The molecule has 0 N–H and O–H groups in total. The summed E-state index contributed by atoms with van der Waals surface area (Å²) >= 11 is 1.74. The van der Waals surface area contributed by atoms with Crippen molar-refractivity contribution >= 4 is 11.8 Å². The molecule has 0 aliphatic heterocycles. The van der Waals surface area contributed by atoms with Crippen LogP contribution in [-0.4, -0.2) is 10.2 Å². The van der Waals surface area contributed by atoms with Crippen LogP contribution in [0.15, 0.2) is 17.0 Å². The molecule has 0 bridgehead atoms. The molecule has 0 aromatic carbocycles. The SMILES string of the molecule is N#Cc1ccc(SC2CCCCC2)c(C#N)n1. The Labute approximate surface area is 105 Å². The molecule has 1 heterocycles. The van der Waals surface area contributed by atoms with Crippen LogP contribution in [0.3, 0.4) is 0 Å². The maximum absolute atomic E-state index is 9.03. The molecular formula is C13H13N3S. The van der Waals surface area contributed by atoms with Gasteiger partial charge in [0, 0.05) is 10.1 Å². The third kappa shape index (κ3) is 2.99. The molecule has 0 radical (unpaired) electrons. The Morgan fingerprint density at radius 1 is 1.12 bits per heavy atom. The summed E-state index contributed by atoms with van der Waals surface area (Å²) in [6.45, 7) is 0. The molecule has 4 heteroatoms. The first-order valence-corrected chi connectivity index (χ1v) is 6.69. The zero-order valence-corrected chi connectivity index (χ0v) is 10.3. The number of nitrogens with zero attached hydrogens (tertiary/aromatic N) is 3. The maximum atomic E-state index is 9.03. The second-order valence-electron chi connectivity index (χ2n) is 4.14. The van der Waals surface area contributed by atoms with Crippen molar-refractivity contribution in [3.05, 3.63) is 23.5 Å². The van der Waals surface area contributed by atoms with Gasteiger partial charge in [-0.05, 0) is 25.0 Å². The fraction of sp³-hybridized carbons (Fsp3) is 0.462. The molecule has 1 saturated carbocycles. The maximum Gasteiger partial charge on any atom is 0.155 e. The summed E-state index contributed by atoms with van der Waals surface area (Å²) in [6, 6.07) is 7.57. The van der Waals surface area contributed by atoms with Gasteiger partial charge in [0.05, 0.1) is 0 Å². The molecule has 0 spiro atoms. The first-order chi connectivity index (χ1) is 8.33. The number of rotatable bonds is 2. The quantitative estimate of drug-likeness (QED) is 0.800. The van der Waals surface area contributed by atoms with Crippen molar-refractivity contribution < 1.29 is 0 Å².